The third kappa shape index (κ3) is 1.58. The molecule has 21 heavy (non-hydrogen) atoms. The fraction of sp³-hybridized carbons (Fsp3) is 0.357. The van der Waals surface area contributed by atoms with E-state index in [1.807, 2.05) is 24.3 Å². The molecule has 0 saturated carbocycles. The van der Waals surface area contributed by atoms with Gasteiger partial charge < -0.3 is 10.5 Å². The fourth-order valence-electron chi connectivity index (χ4n) is 3.30. The van der Waals surface area contributed by atoms with Gasteiger partial charge in [0.15, 0.2) is 5.17 Å². The van der Waals surface area contributed by atoms with Crippen LogP contribution in [0.3, 0.4) is 0 Å². The Morgan fingerprint density at radius 1 is 1.52 bits per heavy atom. The van der Waals surface area contributed by atoms with Crippen molar-refractivity contribution in [1.82, 2.24) is 4.90 Å². The summed E-state index contributed by atoms with van der Waals surface area (Å²) >= 11 is 1.37. The number of hydrogen-bond donors (Lipinski definition) is 1. The summed E-state index contributed by atoms with van der Waals surface area (Å²) in [6, 6.07) is 6.98. The molecule has 3 atom stereocenters. The van der Waals surface area contributed by atoms with Crippen LogP contribution in [0.4, 0.5) is 0 Å². The van der Waals surface area contributed by atoms with Crippen molar-refractivity contribution in [3.63, 3.8) is 0 Å². The second-order valence-corrected chi connectivity index (χ2v) is 6.41. The van der Waals surface area contributed by atoms with Crippen LogP contribution in [-0.2, 0) is 9.59 Å². The average molecular weight is 303 g/mol. The topological polar surface area (TPSA) is 85.0 Å². The van der Waals surface area contributed by atoms with Crippen LogP contribution in [0.1, 0.15) is 18.5 Å². The fourth-order valence-corrected chi connectivity index (χ4v) is 4.29. The molecule has 1 fully saturated rings. The number of aliphatic imine (C=N–C) groups is 1. The zero-order chi connectivity index (χ0) is 14.8. The average Bonchev–Trinajstić information content (AvgIpc) is 2.77. The molecule has 6 nitrogen and oxygen atoms in total. The number of fused-ring (bicyclic) bond motifs is 6. The summed E-state index contributed by atoms with van der Waals surface area (Å²) in [5.74, 6) is -0.272. The summed E-state index contributed by atoms with van der Waals surface area (Å²) < 4.78 is 5.97. The summed E-state index contributed by atoms with van der Waals surface area (Å²) in [4.78, 5) is 30.3. The third-order valence-electron chi connectivity index (χ3n) is 4.15. The van der Waals surface area contributed by atoms with E-state index in [-0.39, 0.29) is 5.91 Å². The third-order valence-corrected chi connectivity index (χ3v) is 5.09. The minimum absolute atomic E-state index is 0.0475. The molecule has 1 saturated heterocycles. The Morgan fingerprint density at radius 2 is 2.29 bits per heavy atom. The van der Waals surface area contributed by atoms with Crippen LogP contribution >= 0.6 is 11.8 Å². The Hall–Kier alpha value is -2.02. The highest BCUT2D eigenvalue weighted by molar-refractivity contribution is 8.15. The van der Waals surface area contributed by atoms with E-state index < -0.39 is 23.6 Å². The van der Waals surface area contributed by atoms with Gasteiger partial charge in [0.2, 0.25) is 17.5 Å². The van der Waals surface area contributed by atoms with Gasteiger partial charge in [-0.25, -0.2) is 4.99 Å². The van der Waals surface area contributed by atoms with E-state index in [1.165, 1.54) is 11.8 Å². The van der Waals surface area contributed by atoms with Crippen LogP contribution in [0.15, 0.2) is 29.3 Å². The normalized spacial score (nSPS) is 32.9. The molecule has 3 heterocycles. The zero-order valence-corrected chi connectivity index (χ0v) is 12.1. The second-order valence-electron chi connectivity index (χ2n) is 5.47. The maximum Gasteiger partial charge on any atom is 0.239 e. The van der Waals surface area contributed by atoms with E-state index in [2.05, 4.69) is 4.99 Å². The number of carbonyl (C=O) groups is 2. The van der Waals surface area contributed by atoms with Crippen molar-refractivity contribution in [3.8, 4) is 5.75 Å². The number of amides is 2. The molecule has 0 spiro atoms. The van der Waals surface area contributed by atoms with Crippen molar-refractivity contribution in [2.75, 3.05) is 5.75 Å². The summed E-state index contributed by atoms with van der Waals surface area (Å²) in [5, 5.41) is 0.611. The molecule has 0 aromatic heterocycles. The lowest BCUT2D eigenvalue weighted by Gasteiger charge is -2.49. The van der Waals surface area contributed by atoms with Crippen molar-refractivity contribution in [2.24, 2.45) is 16.6 Å². The summed E-state index contributed by atoms with van der Waals surface area (Å²) in [5.41, 5.74) is 5.34. The van der Waals surface area contributed by atoms with Crippen molar-refractivity contribution in [2.45, 2.75) is 18.7 Å². The van der Waals surface area contributed by atoms with Crippen LogP contribution in [-0.4, -0.2) is 33.4 Å². The highest BCUT2D eigenvalue weighted by Gasteiger charge is 2.58. The van der Waals surface area contributed by atoms with Crippen molar-refractivity contribution in [1.29, 1.82) is 0 Å². The first-order valence-corrected chi connectivity index (χ1v) is 7.62. The number of rotatable bonds is 1. The van der Waals surface area contributed by atoms with E-state index in [0.717, 1.165) is 5.56 Å². The summed E-state index contributed by atoms with van der Waals surface area (Å²) in [6.07, 6.45) is 0. The minimum Gasteiger partial charge on any atom is -0.465 e. The van der Waals surface area contributed by atoms with E-state index in [1.54, 1.807) is 11.8 Å². The van der Waals surface area contributed by atoms with Gasteiger partial charge in [-0.05, 0) is 13.0 Å². The van der Waals surface area contributed by atoms with E-state index in [0.29, 0.717) is 16.7 Å². The first-order chi connectivity index (χ1) is 10.0. The Kier molecular flexibility index (Phi) is 2.42. The standard InChI is InChI=1S/C14H13N3O3S/c1-14-10(12(15)19)11(7-4-2-3-5-8(7)20-14)17-9(18)6-21-13(17)16-14/h2-5,10-11H,6H2,1H3,(H2,15,19)/t10-,11-,14+/m0/s1. The molecule has 2 bridgehead atoms. The number of primary amides is 1. The number of benzene rings is 1. The Balaban J connectivity index is 1.99. The molecule has 0 radical (unpaired) electrons. The Labute approximate surface area is 125 Å². The molecular formula is C14H13N3O3S. The number of ether oxygens (including phenoxy) is 1. The molecule has 0 unspecified atom stereocenters. The van der Waals surface area contributed by atoms with Gasteiger partial charge in [-0.2, -0.15) is 0 Å². The molecule has 108 valence electrons. The molecule has 3 aliphatic rings. The van der Waals surface area contributed by atoms with Gasteiger partial charge in [0.1, 0.15) is 11.7 Å². The Bertz CT molecular complexity index is 704. The molecule has 3 aliphatic heterocycles. The van der Waals surface area contributed by atoms with Crippen LogP contribution < -0.4 is 10.5 Å². The second kappa shape index (κ2) is 4.00. The number of para-hydroxylation sites is 1. The van der Waals surface area contributed by atoms with Crippen molar-refractivity contribution in [3.05, 3.63) is 29.8 Å². The van der Waals surface area contributed by atoms with Gasteiger partial charge in [-0.1, -0.05) is 30.0 Å². The lowest BCUT2D eigenvalue weighted by atomic mass is 9.80. The molecule has 2 amide bonds. The monoisotopic (exact) mass is 303 g/mol. The number of carbonyl (C=O) groups excluding carboxylic acids is 2. The van der Waals surface area contributed by atoms with E-state index in [9.17, 15) is 9.59 Å². The van der Waals surface area contributed by atoms with Crippen molar-refractivity contribution < 1.29 is 14.3 Å². The molecule has 4 rings (SSSR count). The first kappa shape index (κ1) is 12.7. The Morgan fingerprint density at radius 3 is 3.05 bits per heavy atom. The number of nitrogens with zero attached hydrogens (tertiary/aromatic N) is 2. The minimum atomic E-state index is -1.06. The molecular weight excluding hydrogens is 290 g/mol. The van der Waals surface area contributed by atoms with Crippen LogP contribution in [0.25, 0.3) is 0 Å². The lowest BCUT2D eigenvalue weighted by molar-refractivity contribution is -0.140. The smallest absolute Gasteiger partial charge is 0.239 e. The van der Waals surface area contributed by atoms with Crippen LogP contribution in [0, 0.1) is 5.92 Å². The number of thioether (sulfide) groups is 1. The van der Waals surface area contributed by atoms with E-state index >= 15 is 0 Å². The molecule has 1 aromatic rings. The molecule has 1 aromatic carbocycles. The summed E-state index contributed by atoms with van der Waals surface area (Å²) in [7, 11) is 0. The predicted octanol–water partition coefficient (Wildman–Crippen LogP) is 0.883. The maximum atomic E-state index is 12.2. The van der Waals surface area contributed by atoms with E-state index in [4.69, 9.17) is 10.5 Å². The largest absolute Gasteiger partial charge is 0.465 e. The highest BCUT2D eigenvalue weighted by atomic mass is 32.2. The molecule has 2 N–H and O–H groups in total. The zero-order valence-electron chi connectivity index (χ0n) is 11.3. The first-order valence-electron chi connectivity index (χ1n) is 6.63. The predicted molar refractivity (Wildman–Crippen MR) is 77.6 cm³/mol. The van der Waals surface area contributed by atoms with Gasteiger partial charge in [-0.15, -0.1) is 0 Å². The van der Waals surface area contributed by atoms with Gasteiger partial charge in [0.25, 0.3) is 0 Å². The highest BCUT2D eigenvalue weighted by Crippen LogP contribution is 2.52. The van der Waals surface area contributed by atoms with Crippen molar-refractivity contribution >= 4 is 28.7 Å². The van der Waals surface area contributed by atoms with Gasteiger partial charge in [0.05, 0.1) is 11.8 Å². The van der Waals surface area contributed by atoms with Gasteiger partial charge in [-0.3, -0.25) is 14.5 Å². The van der Waals surface area contributed by atoms with Crippen LogP contribution in [0.2, 0.25) is 0 Å². The number of amidine groups is 1. The SMILES string of the molecule is C[C@@]12N=C3SCC(=O)N3[C@@H](c3ccccc3O1)[C@H]2C(N)=O. The molecule has 7 heteroatoms. The van der Waals surface area contributed by atoms with Gasteiger partial charge in [0, 0.05) is 5.56 Å². The van der Waals surface area contributed by atoms with Crippen LogP contribution in [0.5, 0.6) is 5.75 Å². The quantitative estimate of drug-likeness (QED) is 0.834. The summed E-state index contributed by atoms with van der Waals surface area (Å²) in [6.45, 7) is 1.75. The number of hydrogen-bond acceptors (Lipinski definition) is 5. The number of nitrogens with two attached hydrogens (primary N) is 1. The molecule has 0 aliphatic carbocycles. The maximum absolute atomic E-state index is 12.2. The lowest BCUT2D eigenvalue weighted by Crippen LogP contribution is -2.60. The van der Waals surface area contributed by atoms with Gasteiger partial charge >= 0.3 is 0 Å².